The molecule has 9 heteroatoms. The maximum absolute atomic E-state index is 12.3. The molecule has 8 nitrogen and oxygen atoms in total. The van der Waals surface area contributed by atoms with Gasteiger partial charge in [-0.3, -0.25) is 4.79 Å². The minimum atomic E-state index is -3.53. The lowest BCUT2D eigenvalue weighted by atomic mass is 10.2. The van der Waals surface area contributed by atoms with Crippen molar-refractivity contribution in [1.29, 1.82) is 0 Å². The molecule has 1 amide bonds. The molecule has 0 bridgehead atoms. The smallest absolute Gasteiger partial charge is 0.242 e. The molecule has 0 fully saturated rings. The number of hydrogen-bond donors (Lipinski definition) is 1. The molecule has 1 heterocycles. The highest BCUT2D eigenvalue weighted by molar-refractivity contribution is 7.89. The van der Waals surface area contributed by atoms with Gasteiger partial charge in [-0.2, -0.15) is 0 Å². The number of carbonyl (C=O) groups is 1. The molecule has 0 unspecified atom stereocenters. The third-order valence-electron chi connectivity index (χ3n) is 4.65. The summed E-state index contributed by atoms with van der Waals surface area (Å²) in [5.74, 6) is 1.24. The first-order valence-electron chi connectivity index (χ1n) is 9.04. The molecule has 2 aromatic carbocycles. The van der Waals surface area contributed by atoms with Gasteiger partial charge in [0, 0.05) is 45.7 Å². The van der Waals surface area contributed by atoms with Gasteiger partial charge in [0.25, 0.3) is 0 Å². The predicted octanol–water partition coefficient (Wildman–Crippen LogP) is 2.40. The molecule has 1 N–H and O–H groups in total. The molecule has 0 aliphatic heterocycles. The second kappa shape index (κ2) is 8.22. The number of amides is 1. The normalized spacial score (nSPS) is 11.8. The van der Waals surface area contributed by atoms with Crippen LogP contribution in [0.25, 0.3) is 11.0 Å². The number of anilines is 1. The Balaban J connectivity index is 1.74. The molecular formula is C20H24N4O4S. The van der Waals surface area contributed by atoms with Crippen LogP contribution in [0.1, 0.15) is 12.2 Å². The van der Waals surface area contributed by atoms with Crippen molar-refractivity contribution in [3.63, 3.8) is 0 Å². The van der Waals surface area contributed by atoms with Crippen molar-refractivity contribution in [3.8, 4) is 5.75 Å². The maximum atomic E-state index is 12.3. The zero-order chi connectivity index (χ0) is 21.2. The molecule has 0 aliphatic carbocycles. The third kappa shape index (κ3) is 4.41. The Morgan fingerprint density at radius 1 is 1.21 bits per heavy atom. The Morgan fingerprint density at radius 2 is 1.97 bits per heavy atom. The molecule has 29 heavy (non-hydrogen) atoms. The van der Waals surface area contributed by atoms with Crippen LogP contribution in [0.5, 0.6) is 5.75 Å². The number of aromatic nitrogens is 2. The summed E-state index contributed by atoms with van der Waals surface area (Å²) in [6.45, 7) is 0. The number of fused-ring (bicyclic) bond motifs is 1. The zero-order valence-corrected chi connectivity index (χ0v) is 17.7. The molecule has 0 atom stereocenters. The largest absolute Gasteiger partial charge is 0.497 e. The number of nitrogens with zero attached hydrogens (tertiary/aromatic N) is 3. The first-order valence-corrected chi connectivity index (χ1v) is 10.5. The summed E-state index contributed by atoms with van der Waals surface area (Å²) < 4.78 is 32.9. The molecule has 0 radical (unpaired) electrons. The van der Waals surface area contributed by atoms with E-state index in [1.54, 1.807) is 49.6 Å². The maximum Gasteiger partial charge on any atom is 0.242 e. The molecule has 154 valence electrons. The van der Waals surface area contributed by atoms with Gasteiger partial charge >= 0.3 is 0 Å². The van der Waals surface area contributed by atoms with Crippen LogP contribution in [0.15, 0.2) is 47.4 Å². The van der Waals surface area contributed by atoms with Gasteiger partial charge in [0.2, 0.25) is 15.9 Å². The van der Waals surface area contributed by atoms with E-state index in [0.717, 1.165) is 5.52 Å². The van der Waals surface area contributed by atoms with Crippen molar-refractivity contribution < 1.29 is 17.9 Å². The zero-order valence-electron chi connectivity index (χ0n) is 16.8. The Labute approximate surface area is 170 Å². The highest BCUT2D eigenvalue weighted by Crippen LogP contribution is 2.22. The van der Waals surface area contributed by atoms with Crippen molar-refractivity contribution in [1.82, 2.24) is 13.9 Å². The van der Waals surface area contributed by atoms with Crippen molar-refractivity contribution in [2.24, 2.45) is 7.05 Å². The summed E-state index contributed by atoms with van der Waals surface area (Å²) in [6, 6.07) is 12.0. The number of benzene rings is 2. The number of nitrogens with one attached hydrogen (secondary N) is 1. The number of sulfonamides is 1. The summed E-state index contributed by atoms with van der Waals surface area (Å²) in [5, 5.41) is 2.84. The Kier molecular flexibility index (Phi) is 5.90. The van der Waals surface area contributed by atoms with Gasteiger partial charge in [-0.05, 0) is 30.3 Å². The van der Waals surface area contributed by atoms with Crippen LogP contribution in [-0.2, 0) is 28.3 Å². The fourth-order valence-electron chi connectivity index (χ4n) is 2.97. The fraction of sp³-hybridized carbons (Fsp3) is 0.300. The second-order valence-corrected chi connectivity index (χ2v) is 8.96. The van der Waals surface area contributed by atoms with Crippen LogP contribution >= 0.6 is 0 Å². The van der Waals surface area contributed by atoms with E-state index in [-0.39, 0.29) is 17.2 Å². The van der Waals surface area contributed by atoms with Gasteiger partial charge in [0.05, 0.1) is 23.0 Å². The third-order valence-corrected chi connectivity index (χ3v) is 6.46. The van der Waals surface area contributed by atoms with Gasteiger partial charge in [-0.15, -0.1) is 0 Å². The number of rotatable bonds is 7. The quantitative estimate of drug-likeness (QED) is 0.638. The monoisotopic (exact) mass is 416 g/mol. The van der Waals surface area contributed by atoms with Gasteiger partial charge in [-0.25, -0.2) is 17.7 Å². The van der Waals surface area contributed by atoms with E-state index in [2.05, 4.69) is 10.3 Å². The van der Waals surface area contributed by atoms with Crippen molar-refractivity contribution in [2.45, 2.75) is 17.7 Å². The summed E-state index contributed by atoms with van der Waals surface area (Å²) in [7, 11) is 2.88. The summed E-state index contributed by atoms with van der Waals surface area (Å²) in [5.41, 5.74) is 2.06. The average Bonchev–Trinajstić information content (AvgIpc) is 3.01. The van der Waals surface area contributed by atoms with E-state index in [0.29, 0.717) is 29.2 Å². The van der Waals surface area contributed by atoms with Crippen LogP contribution in [0, 0.1) is 0 Å². The SMILES string of the molecule is COc1cccc(NC(=O)CCc2nc3cc(S(=O)(=O)N(C)C)ccc3n2C)c1. The van der Waals surface area contributed by atoms with Gasteiger partial charge in [0.15, 0.2) is 0 Å². The molecule has 0 saturated heterocycles. The van der Waals surface area contributed by atoms with Crippen molar-refractivity contribution in [3.05, 3.63) is 48.3 Å². The van der Waals surface area contributed by atoms with Gasteiger partial charge in [-0.1, -0.05) is 6.07 Å². The van der Waals surface area contributed by atoms with Gasteiger partial charge < -0.3 is 14.6 Å². The van der Waals surface area contributed by atoms with Crippen molar-refractivity contribution >= 4 is 32.7 Å². The number of carbonyl (C=O) groups excluding carboxylic acids is 1. The lowest BCUT2D eigenvalue weighted by Gasteiger charge is -2.10. The van der Waals surface area contributed by atoms with E-state index < -0.39 is 10.0 Å². The first kappa shape index (κ1) is 20.8. The van der Waals surface area contributed by atoms with Gasteiger partial charge in [0.1, 0.15) is 11.6 Å². The Morgan fingerprint density at radius 3 is 2.66 bits per heavy atom. The highest BCUT2D eigenvalue weighted by atomic mass is 32.2. The lowest BCUT2D eigenvalue weighted by Crippen LogP contribution is -2.22. The second-order valence-electron chi connectivity index (χ2n) is 6.81. The van der Waals surface area contributed by atoms with E-state index in [9.17, 15) is 13.2 Å². The number of ether oxygens (including phenoxy) is 1. The van der Waals surface area contributed by atoms with E-state index >= 15 is 0 Å². The average molecular weight is 417 g/mol. The van der Waals surface area contributed by atoms with Crippen molar-refractivity contribution in [2.75, 3.05) is 26.5 Å². The molecular weight excluding hydrogens is 392 g/mol. The standard InChI is InChI=1S/C20H24N4O4S/c1-23(2)29(26,27)16-8-9-18-17(13-16)22-19(24(18)3)10-11-20(25)21-14-6-5-7-15(12-14)28-4/h5-9,12-13H,10-11H2,1-4H3,(H,21,25). The summed E-state index contributed by atoms with van der Waals surface area (Å²) >= 11 is 0. The predicted molar refractivity (Wildman–Crippen MR) is 112 cm³/mol. The minimum absolute atomic E-state index is 0.138. The topological polar surface area (TPSA) is 93.5 Å². The van der Waals surface area contributed by atoms with E-state index in [1.165, 1.54) is 18.4 Å². The fourth-order valence-corrected chi connectivity index (χ4v) is 3.90. The molecule has 0 aliphatic rings. The molecule has 3 rings (SSSR count). The molecule has 1 aromatic heterocycles. The molecule has 3 aromatic rings. The number of imidazole rings is 1. The number of hydrogen-bond acceptors (Lipinski definition) is 5. The molecule has 0 spiro atoms. The summed E-state index contributed by atoms with van der Waals surface area (Å²) in [6.07, 6.45) is 0.675. The van der Waals surface area contributed by atoms with Crippen LogP contribution in [0.4, 0.5) is 5.69 Å². The van der Waals surface area contributed by atoms with Crippen LogP contribution in [0.3, 0.4) is 0 Å². The van der Waals surface area contributed by atoms with Crippen LogP contribution in [0.2, 0.25) is 0 Å². The lowest BCUT2D eigenvalue weighted by molar-refractivity contribution is -0.116. The summed E-state index contributed by atoms with van der Waals surface area (Å²) in [4.78, 5) is 17.0. The van der Waals surface area contributed by atoms with Crippen LogP contribution in [-0.4, -0.2) is 49.4 Å². The van der Waals surface area contributed by atoms with E-state index in [1.807, 2.05) is 11.6 Å². The minimum Gasteiger partial charge on any atom is -0.497 e. The first-order chi connectivity index (χ1) is 13.7. The Bertz CT molecular complexity index is 1150. The highest BCUT2D eigenvalue weighted by Gasteiger charge is 2.19. The Hall–Kier alpha value is -2.91. The number of methoxy groups -OCH3 is 1. The number of aryl methyl sites for hydroxylation is 2. The van der Waals surface area contributed by atoms with E-state index in [4.69, 9.17) is 4.74 Å². The van der Waals surface area contributed by atoms with Crippen LogP contribution < -0.4 is 10.1 Å². The molecule has 0 saturated carbocycles.